The number of aromatic nitrogens is 3. The molecular weight excluding hydrogens is 408 g/mol. The van der Waals surface area contributed by atoms with Crippen LogP contribution in [0.3, 0.4) is 0 Å². The normalized spacial score (nSPS) is 12.1. The molecule has 2 aromatic carbocycles. The van der Waals surface area contributed by atoms with Crippen molar-refractivity contribution in [3.63, 3.8) is 0 Å². The molecule has 158 valence electrons. The molecule has 0 fully saturated rings. The van der Waals surface area contributed by atoms with Crippen LogP contribution in [0.15, 0.2) is 66.9 Å². The van der Waals surface area contributed by atoms with Crippen LogP contribution in [-0.4, -0.2) is 20.4 Å². The molecule has 0 saturated carbocycles. The van der Waals surface area contributed by atoms with E-state index in [2.05, 4.69) is 46.1 Å². The summed E-state index contributed by atoms with van der Waals surface area (Å²) in [5.41, 5.74) is 5.11. The molecule has 4 aromatic rings. The number of pyridine rings is 1. The van der Waals surface area contributed by atoms with E-state index < -0.39 is 0 Å². The van der Waals surface area contributed by atoms with Gasteiger partial charge in [0.2, 0.25) is 5.91 Å². The number of imidazole rings is 1. The zero-order valence-corrected chi connectivity index (χ0v) is 18.4. The first-order valence-electron chi connectivity index (χ1n) is 10.4. The van der Waals surface area contributed by atoms with E-state index in [0.29, 0.717) is 24.4 Å². The van der Waals surface area contributed by atoms with Gasteiger partial charge >= 0.3 is 0 Å². The molecule has 31 heavy (non-hydrogen) atoms. The molecule has 6 heteroatoms. The van der Waals surface area contributed by atoms with Crippen LogP contribution in [0.25, 0.3) is 11.2 Å². The summed E-state index contributed by atoms with van der Waals surface area (Å²) in [6.45, 7) is 4.72. The third-order valence-electron chi connectivity index (χ3n) is 5.37. The van der Waals surface area contributed by atoms with E-state index in [1.807, 2.05) is 43.3 Å². The van der Waals surface area contributed by atoms with Crippen molar-refractivity contribution in [3.05, 3.63) is 94.4 Å². The minimum absolute atomic E-state index is 0.00986. The Morgan fingerprint density at radius 3 is 2.58 bits per heavy atom. The quantitative estimate of drug-likeness (QED) is 0.433. The van der Waals surface area contributed by atoms with Crippen molar-refractivity contribution in [1.82, 2.24) is 19.9 Å². The summed E-state index contributed by atoms with van der Waals surface area (Å²) in [5, 5.41) is 3.74. The number of nitrogens with zero attached hydrogens (tertiary/aromatic N) is 3. The van der Waals surface area contributed by atoms with Gasteiger partial charge in [0.1, 0.15) is 11.3 Å². The number of carbonyl (C=O) groups excluding carboxylic acids is 1. The molecule has 0 spiro atoms. The summed E-state index contributed by atoms with van der Waals surface area (Å²) in [7, 11) is 0. The monoisotopic (exact) mass is 432 g/mol. The number of amides is 1. The molecule has 0 aliphatic rings. The molecule has 0 saturated heterocycles. The average Bonchev–Trinajstić information content (AvgIpc) is 3.11. The van der Waals surface area contributed by atoms with Gasteiger partial charge in [0.25, 0.3) is 0 Å². The second-order valence-corrected chi connectivity index (χ2v) is 8.22. The average molecular weight is 433 g/mol. The number of halogens is 1. The zero-order valence-electron chi connectivity index (χ0n) is 17.7. The second kappa shape index (κ2) is 9.31. The van der Waals surface area contributed by atoms with Gasteiger partial charge < -0.3 is 9.88 Å². The first kappa shape index (κ1) is 21.1. The second-order valence-electron chi connectivity index (χ2n) is 7.79. The summed E-state index contributed by atoms with van der Waals surface area (Å²) in [6, 6.07) is 19.7. The lowest BCUT2D eigenvalue weighted by Crippen LogP contribution is -2.27. The number of benzene rings is 2. The van der Waals surface area contributed by atoms with E-state index in [9.17, 15) is 4.79 Å². The Kier molecular flexibility index (Phi) is 6.33. The predicted octanol–water partition coefficient (Wildman–Crippen LogP) is 5.25. The Bertz CT molecular complexity index is 1180. The first-order chi connectivity index (χ1) is 15.0. The summed E-state index contributed by atoms with van der Waals surface area (Å²) >= 11 is 5.95. The highest BCUT2D eigenvalue weighted by atomic mass is 35.5. The molecule has 0 radical (unpaired) electrons. The van der Waals surface area contributed by atoms with Crippen LogP contribution in [-0.2, 0) is 17.8 Å². The molecule has 0 bridgehead atoms. The minimum atomic E-state index is -0.0854. The molecule has 0 unspecified atom stereocenters. The lowest BCUT2D eigenvalue weighted by molar-refractivity contribution is -0.121. The number of aryl methyl sites for hydroxylation is 2. The number of hydrogen-bond donors (Lipinski definition) is 1. The molecule has 1 atom stereocenters. The number of carbonyl (C=O) groups is 1. The fourth-order valence-electron chi connectivity index (χ4n) is 3.61. The van der Waals surface area contributed by atoms with Gasteiger partial charge in [0.05, 0.1) is 12.6 Å². The zero-order chi connectivity index (χ0) is 21.8. The number of nitrogens with one attached hydrogen (secondary N) is 1. The van der Waals surface area contributed by atoms with Crippen LogP contribution in [0.5, 0.6) is 0 Å². The molecule has 5 nitrogen and oxygen atoms in total. The molecule has 4 rings (SSSR count). The van der Waals surface area contributed by atoms with Crippen molar-refractivity contribution in [3.8, 4) is 0 Å². The molecular formula is C25H25ClN4O. The SMILES string of the molecule is Cc1ccc(Cn2c(CCC(=O)N[C@@H](C)c3ccc(Cl)cc3)nc3cccnc32)cc1. The van der Waals surface area contributed by atoms with E-state index in [4.69, 9.17) is 16.6 Å². The van der Waals surface area contributed by atoms with Gasteiger partial charge in [-0.1, -0.05) is 53.6 Å². The number of rotatable bonds is 7. The summed E-state index contributed by atoms with van der Waals surface area (Å²) in [6.07, 6.45) is 2.68. The topological polar surface area (TPSA) is 59.8 Å². The van der Waals surface area contributed by atoms with Crippen molar-refractivity contribution in [1.29, 1.82) is 0 Å². The Balaban J connectivity index is 1.48. The van der Waals surface area contributed by atoms with Gasteiger partial charge in [-0.25, -0.2) is 9.97 Å². The summed E-state index contributed by atoms with van der Waals surface area (Å²) in [4.78, 5) is 21.9. The van der Waals surface area contributed by atoms with Crippen LogP contribution in [0.4, 0.5) is 0 Å². The Labute approximate surface area is 187 Å². The van der Waals surface area contributed by atoms with Gasteiger partial charge in [-0.05, 0) is 49.2 Å². The maximum atomic E-state index is 12.6. The number of hydrogen-bond acceptors (Lipinski definition) is 3. The van der Waals surface area contributed by atoms with Crippen molar-refractivity contribution in [2.75, 3.05) is 0 Å². The predicted molar refractivity (Wildman–Crippen MR) is 124 cm³/mol. The van der Waals surface area contributed by atoms with E-state index >= 15 is 0 Å². The van der Waals surface area contributed by atoms with Crippen molar-refractivity contribution < 1.29 is 4.79 Å². The molecule has 1 N–H and O–H groups in total. The fourth-order valence-corrected chi connectivity index (χ4v) is 3.74. The standard InChI is InChI=1S/C25H25ClN4O/c1-17-5-7-19(8-6-17)16-30-23(29-22-4-3-15-27-25(22)30)13-14-24(31)28-18(2)20-9-11-21(26)12-10-20/h3-12,15,18H,13-14,16H2,1-2H3,(H,28,31)/t18-/m0/s1. The third-order valence-corrected chi connectivity index (χ3v) is 5.62. The van der Waals surface area contributed by atoms with Gasteiger partial charge in [-0.3, -0.25) is 4.79 Å². The highest BCUT2D eigenvalue weighted by Crippen LogP contribution is 2.19. The lowest BCUT2D eigenvalue weighted by Gasteiger charge is -2.15. The van der Waals surface area contributed by atoms with Gasteiger partial charge in [-0.2, -0.15) is 0 Å². The summed E-state index contributed by atoms with van der Waals surface area (Å²) < 4.78 is 2.11. The van der Waals surface area contributed by atoms with Gasteiger partial charge in [0.15, 0.2) is 5.65 Å². The third kappa shape index (κ3) is 5.12. The fraction of sp³-hybridized carbons (Fsp3) is 0.240. The highest BCUT2D eigenvalue weighted by molar-refractivity contribution is 6.30. The van der Waals surface area contributed by atoms with E-state index in [0.717, 1.165) is 22.6 Å². The smallest absolute Gasteiger partial charge is 0.220 e. The molecule has 0 aliphatic carbocycles. The van der Waals surface area contributed by atoms with Gasteiger partial charge in [-0.15, -0.1) is 0 Å². The molecule has 0 aliphatic heterocycles. The van der Waals surface area contributed by atoms with Crippen LogP contribution in [0.2, 0.25) is 5.02 Å². The Morgan fingerprint density at radius 1 is 1.10 bits per heavy atom. The van der Waals surface area contributed by atoms with Gasteiger partial charge in [0, 0.05) is 24.1 Å². The summed E-state index contributed by atoms with van der Waals surface area (Å²) in [5.74, 6) is 0.855. The van der Waals surface area contributed by atoms with Crippen molar-refractivity contribution in [2.24, 2.45) is 0 Å². The number of fused-ring (bicyclic) bond motifs is 1. The van der Waals surface area contributed by atoms with Crippen LogP contribution < -0.4 is 5.32 Å². The van der Waals surface area contributed by atoms with E-state index in [-0.39, 0.29) is 11.9 Å². The highest BCUT2D eigenvalue weighted by Gasteiger charge is 2.15. The lowest BCUT2D eigenvalue weighted by atomic mass is 10.1. The van der Waals surface area contributed by atoms with E-state index in [1.165, 1.54) is 11.1 Å². The van der Waals surface area contributed by atoms with Crippen LogP contribution in [0.1, 0.15) is 41.9 Å². The van der Waals surface area contributed by atoms with E-state index in [1.54, 1.807) is 6.20 Å². The molecule has 1 amide bonds. The largest absolute Gasteiger partial charge is 0.350 e. The maximum Gasteiger partial charge on any atom is 0.220 e. The van der Waals surface area contributed by atoms with Crippen molar-refractivity contribution >= 4 is 28.7 Å². The molecule has 2 aromatic heterocycles. The van der Waals surface area contributed by atoms with Crippen molar-refractivity contribution in [2.45, 2.75) is 39.3 Å². The minimum Gasteiger partial charge on any atom is -0.350 e. The Morgan fingerprint density at radius 2 is 1.84 bits per heavy atom. The Hall–Kier alpha value is -3.18. The van der Waals surface area contributed by atoms with Crippen LogP contribution in [0, 0.1) is 6.92 Å². The first-order valence-corrected chi connectivity index (χ1v) is 10.8. The molecule has 2 heterocycles. The van der Waals surface area contributed by atoms with Crippen LogP contribution >= 0.6 is 11.6 Å². The maximum absolute atomic E-state index is 12.6.